The average Bonchev–Trinajstić information content (AvgIpc) is 2.97. The summed E-state index contributed by atoms with van der Waals surface area (Å²) in [5.74, 6) is 0.296. The van der Waals surface area contributed by atoms with Crippen LogP contribution in [-0.4, -0.2) is 42.1 Å². The van der Waals surface area contributed by atoms with E-state index in [4.69, 9.17) is 16.3 Å². The molecule has 0 atom stereocenters. The Hall–Kier alpha value is -1.35. The van der Waals surface area contributed by atoms with Crippen molar-refractivity contribution in [1.82, 2.24) is 15.5 Å². The number of amides is 1. The Bertz CT molecular complexity index is 639. The number of thioether (sulfide) groups is 1. The van der Waals surface area contributed by atoms with Gasteiger partial charge >= 0.3 is 0 Å². The first-order chi connectivity index (χ1) is 11.2. The molecule has 1 amide bonds. The monoisotopic (exact) mass is 372 g/mol. The molecule has 0 saturated carbocycles. The smallest absolute Gasteiger partial charge is 0.230 e. The number of hydrogen-bond acceptors (Lipinski definition) is 7. The number of halogens is 1. The molecule has 23 heavy (non-hydrogen) atoms. The number of methoxy groups -OCH3 is 1. The highest BCUT2D eigenvalue weighted by Gasteiger charge is 2.08. The number of ether oxygens (including phenoxy) is 1. The van der Waals surface area contributed by atoms with E-state index in [9.17, 15) is 4.79 Å². The second kappa shape index (κ2) is 9.71. The van der Waals surface area contributed by atoms with E-state index in [-0.39, 0.29) is 5.91 Å². The van der Waals surface area contributed by atoms with Gasteiger partial charge in [-0.15, -0.1) is 10.2 Å². The molecule has 0 unspecified atom stereocenters. The fourth-order valence-electron chi connectivity index (χ4n) is 1.63. The van der Waals surface area contributed by atoms with Crippen LogP contribution in [0.3, 0.4) is 0 Å². The maximum atomic E-state index is 11.7. The zero-order valence-corrected chi connectivity index (χ0v) is 14.9. The van der Waals surface area contributed by atoms with Crippen LogP contribution >= 0.6 is 34.7 Å². The molecule has 0 radical (unpaired) electrons. The van der Waals surface area contributed by atoms with Gasteiger partial charge < -0.3 is 15.4 Å². The van der Waals surface area contributed by atoms with Gasteiger partial charge in [0.1, 0.15) is 0 Å². The molecule has 1 aromatic carbocycles. The van der Waals surface area contributed by atoms with Gasteiger partial charge in [-0.1, -0.05) is 40.8 Å². The number of carbonyl (C=O) groups excluding carboxylic acids is 1. The van der Waals surface area contributed by atoms with Crippen molar-refractivity contribution in [2.24, 2.45) is 0 Å². The summed E-state index contributed by atoms with van der Waals surface area (Å²) < 4.78 is 5.66. The third-order valence-corrected chi connectivity index (χ3v) is 4.86. The van der Waals surface area contributed by atoms with Gasteiger partial charge in [0, 0.05) is 31.0 Å². The van der Waals surface area contributed by atoms with E-state index in [2.05, 4.69) is 20.8 Å². The molecular formula is C14H17ClN4O2S2. The number of anilines is 2. The topological polar surface area (TPSA) is 76.1 Å². The van der Waals surface area contributed by atoms with E-state index in [0.29, 0.717) is 29.1 Å². The molecule has 0 saturated heterocycles. The highest BCUT2D eigenvalue weighted by Crippen LogP contribution is 2.28. The molecular weight excluding hydrogens is 356 g/mol. The molecule has 0 aliphatic carbocycles. The van der Waals surface area contributed by atoms with Crippen LogP contribution in [0.15, 0.2) is 28.6 Å². The molecule has 0 spiro atoms. The minimum atomic E-state index is -0.0225. The van der Waals surface area contributed by atoms with Gasteiger partial charge in [0.25, 0.3) is 0 Å². The second-order valence-electron chi connectivity index (χ2n) is 4.49. The fourth-order valence-corrected chi connectivity index (χ4v) is 3.42. The molecule has 1 heterocycles. The molecule has 0 aliphatic rings. The Kier molecular flexibility index (Phi) is 7.60. The highest BCUT2D eigenvalue weighted by molar-refractivity contribution is 8.01. The zero-order valence-electron chi connectivity index (χ0n) is 12.5. The molecule has 9 heteroatoms. The zero-order chi connectivity index (χ0) is 16.5. The number of aromatic nitrogens is 2. The van der Waals surface area contributed by atoms with Gasteiger partial charge in [0.2, 0.25) is 11.0 Å². The number of rotatable bonds is 9. The molecule has 124 valence electrons. The summed E-state index contributed by atoms with van der Waals surface area (Å²) in [6, 6.07) is 7.37. The van der Waals surface area contributed by atoms with Gasteiger partial charge in [-0.2, -0.15) is 0 Å². The standard InChI is InChI=1S/C14H17ClN4O2S2/c1-21-7-3-6-16-12(20)9-22-14-19-18-13(23-14)17-11-5-2-4-10(15)8-11/h2,4-5,8H,3,6-7,9H2,1H3,(H,16,20)(H,17,18). The van der Waals surface area contributed by atoms with Crippen molar-refractivity contribution >= 4 is 51.4 Å². The average molecular weight is 373 g/mol. The summed E-state index contributed by atoms with van der Waals surface area (Å²) in [5.41, 5.74) is 0.848. The van der Waals surface area contributed by atoms with E-state index in [1.807, 2.05) is 18.2 Å². The quantitative estimate of drug-likeness (QED) is 0.520. The first-order valence-electron chi connectivity index (χ1n) is 6.92. The Morgan fingerprint density at radius 1 is 1.43 bits per heavy atom. The first-order valence-corrected chi connectivity index (χ1v) is 9.10. The summed E-state index contributed by atoms with van der Waals surface area (Å²) in [4.78, 5) is 11.7. The summed E-state index contributed by atoms with van der Waals surface area (Å²) >= 11 is 8.69. The molecule has 2 N–H and O–H groups in total. The van der Waals surface area contributed by atoms with Crippen molar-refractivity contribution < 1.29 is 9.53 Å². The number of benzene rings is 1. The number of carbonyl (C=O) groups is 1. The normalized spacial score (nSPS) is 10.5. The van der Waals surface area contributed by atoms with Crippen molar-refractivity contribution in [3.63, 3.8) is 0 Å². The maximum absolute atomic E-state index is 11.7. The van der Waals surface area contributed by atoms with Crippen molar-refractivity contribution in [2.75, 3.05) is 31.3 Å². The van der Waals surface area contributed by atoms with E-state index >= 15 is 0 Å². The lowest BCUT2D eigenvalue weighted by molar-refractivity contribution is -0.118. The minimum absolute atomic E-state index is 0.0225. The maximum Gasteiger partial charge on any atom is 0.230 e. The van der Waals surface area contributed by atoms with Crippen LogP contribution in [0.25, 0.3) is 0 Å². The third kappa shape index (κ3) is 6.74. The molecule has 0 bridgehead atoms. The van der Waals surface area contributed by atoms with Crippen LogP contribution in [0, 0.1) is 0 Å². The van der Waals surface area contributed by atoms with Crippen molar-refractivity contribution in [1.29, 1.82) is 0 Å². The molecule has 1 aromatic heterocycles. The van der Waals surface area contributed by atoms with Crippen molar-refractivity contribution in [2.45, 2.75) is 10.8 Å². The van der Waals surface area contributed by atoms with Gasteiger partial charge in [-0.3, -0.25) is 4.79 Å². The summed E-state index contributed by atoms with van der Waals surface area (Å²) in [6.07, 6.45) is 0.805. The van der Waals surface area contributed by atoms with E-state index < -0.39 is 0 Å². The Balaban J connectivity index is 1.75. The first kappa shape index (κ1) is 18.0. The Labute approximate surface area is 148 Å². The van der Waals surface area contributed by atoms with Gasteiger partial charge in [0.05, 0.1) is 5.75 Å². The predicted octanol–water partition coefficient (Wildman–Crippen LogP) is 3.18. The van der Waals surface area contributed by atoms with Gasteiger partial charge in [-0.25, -0.2) is 0 Å². The van der Waals surface area contributed by atoms with Crippen LogP contribution in [0.5, 0.6) is 0 Å². The van der Waals surface area contributed by atoms with Crippen LogP contribution in [0.1, 0.15) is 6.42 Å². The molecule has 0 fully saturated rings. The van der Waals surface area contributed by atoms with Crippen LogP contribution in [-0.2, 0) is 9.53 Å². The van der Waals surface area contributed by atoms with Gasteiger partial charge in [0.15, 0.2) is 4.34 Å². The number of hydrogen-bond donors (Lipinski definition) is 2. The fraction of sp³-hybridized carbons (Fsp3) is 0.357. The number of nitrogens with one attached hydrogen (secondary N) is 2. The highest BCUT2D eigenvalue weighted by atomic mass is 35.5. The summed E-state index contributed by atoms with van der Waals surface area (Å²) in [5, 5.41) is 15.4. The Morgan fingerprint density at radius 3 is 3.09 bits per heavy atom. The van der Waals surface area contributed by atoms with E-state index in [1.165, 1.54) is 23.1 Å². The second-order valence-corrected chi connectivity index (χ2v) is 7.13. The summed E-state index contributed by atoms with van der Waals surface area (Å²) in [6.45, 7) is 1.26. The van der Waals surface area contributed by atoms with Crippen molar-refractivity contribution in [3.8, 4) is 0 Å². The van der Waals surface area contributed by atoms with Crippen molar-refractivity contribution in [3.05, 3.63) is 29.3 Å². The lowest BCUT2D eigenvalue weighted by Crippen LogP contribution is -2.26. The Morgan fingerprint density at radius 2 is 2.30 bits per heavy atom. The third-order valence-electron chi connectivity index (χ3n) is 2.66. The predicted molar refractivity (Wildman–Crippen MR) is 94.9 cm³/mol. The van der Waals surface area contributed by atoms with Gasteiger partial charge in [-0.05, 0) is 24.6 Å². The van der Waals surface area contributed by atoms with Crippen LogP contribution < -0.4 is 10.6 Å². The molecule has 0 aliphatic heterocycles. The molecule has 2 aromatic rings. The molecule has 6 nitrogen and oxygen atoms in total. The van der Waals surface area contributed by atoms with E-state index in [1.54, 1.807) is 13.2 Å². The lowest BCUT2D eigenvalue weighted by atomic mass is 10.3. The lowest BCUT2D eigenvalue weighted by Gasteiger charge is -2.03. The summed E-state index contributed by atoms with van der Waals surface area (Å²) in [7, 11) is 1.64. The number of nitrogens with zero attached hydrogens (tertiary/aromatic N) is 2. The minimum Gasteiger partial charge on any atom is -0.385 e. The molecule has 2 rings (SSSR count). The van der Waals surface area contributed by atoms with Crippen LogP contribution in [0.2, 0.25) is 5.02 Å². The SMILES string of the molecule is COCCCNC(=O)CSc1nnc(Nc2cccc(Cl)c2)s1. The van der Waals surface area contributed by atoms with E-state index in [0.717, 1.165) is 16.4 Å². The largest absolute Gasteiger partial charge is 0.385 e. The van der Waals surface area contributed by atoms with Crippen LogP contribution in [0.4, 0.5) is 10.8 Å².